The lowest BCUT2D eigenvalue weighted by Crippen LogP contribution is -2.39. The van der Waals surface area contributed by atoms with E-state index in [-0.39, 0.29) is 11.8 Å². The van der Waals surface area contributed by atoms with E-state index in [0.29, 0.717) is 32.0 Å². The first-order chi connectivity index (χ1) is 14.7. The van der Waals surface area contributed by atoms with Crippen LogP contribution in [-0.4, -0.2) is 32.8 Å². The topological polar surface area (TPSA) is 67.2 Å². The molecule has 0 spiro atoms. The monoisotopic (exact) mass is 400 g/mol. The van der Waals surface area contributed by atoms with Gasteiger partial charge in [0.05, 0.1) is 17.7 Å². The van der Waals surface area contributed by atoms with E-state index in [1.807, 2.05) is 76.3 Å². The highest BCUT2D eigenvalue weighted by molar-refractivity contribution is 5.92. The van der Waals surface area contributed by atoms with E-state index in [2.05, 4.69) is 10.3 Å². The van der Waals surface area contributed by atoms with Gasteiger partial charge >= 0.3 is 0 Å². The SMILES string of the molecule is O=C1c2nc(CNC(=O)C3(c4ccccc4)CC3)cn2CCN1Cc1ccccc1. The molecule has 2 amide bonds. The Labute approximate surface area is 175 Å². The molecule has 3 aromatic rings. The van der Waals surface area contributed by atoms with Gasteiger partial charge in [-0.2, -0.15) is 0 Å². The molecule has 2 aromatic carbocycles. The number of carbonyl (C=O) groups is 2. The van der Waals surface area contributed by atoms with Crippen molar-refractivity contribution in [1.29, 1.82) is 0 Å². The Hall–Kier alpha value is -3.41. The third-order valence-electron chi connectivity index (χ3n) is 6.07. The van der Waals surface area contributed by atoms with Crippen LogP contribution < -0.4 is 5.32 Å². The highest BCUT2D eigenvalue weighted by atomic mass is 16.2. The summed E-state index contributed by atoms with van der Waals surface area (Å²) < 4.78 is 1.90. The fourth-order valence-corrected chi connectivity index (χ4v) is 4.19. The number of rotatable bonds is 6. The number of nitrogens with zero attached hydrogens (tertiary/aromatic N) is 3. The van der Waals surface area contributed by atoms with Crippen molar-refractivity contribution >= 4 is 11.8 Å². The van der Waals surface area contributed by atoms with Crippen molar-refractivity contribution in [3.05, 3.63) is 89.5 Å². The molecule has 0 unspecified atom stereocenters. The molecule has 1 aliphatic heterocycles. The number of aromatic nitrogens is 2. The number of hydrogen-bond acceptors (Lipinski definition) is 3. The molecule has 1 fully saturated rings. The lowest BCUT2D eigenvalue weighted by molar-refractivity contribution is -0.123. The van der Waals surface area contributed by atoms with Gasteiger partial charge in [0.2, 0.25) is 5.91 Å². The van der Waals surface area contributed by atoms with Gasteiger partial charge in [0.25, 0.3) is 5.91 Å². The van der Waals surface area contributed by atoms with E-state index in [0.717, 1.165) is 29.7 Å². The van der Waals surface area contributed by atoms with Gasteiger partial charge in [-0.15, -0.1) is 0 Å². The van der Waals surface area contributed by atoms with Crippen LogP contribution in [-0.2, 0) is 29.8 Å². The normalized spacial score (nSPS) is 16.8. The van der Waals surface area contributed by atoms with Gasteiger partial charge in [-0.05, 0) is 24.0 Å². The number of fused-ring (bicyclic) bond motifs is 1. The molecule has 6 nitrogen and oxygen atoms in total. The first kappa shape index (κ1) is 18.6. The van der Waals surface area contributed by atoms with Gasteiger partial charge in [-0.1, -0.05) is 60.7 Å². The zero-order chi connectivity index (χ0) is 20.6. The first-order valence-corrected chi connectivity index (χ1v) is 10.4. The molecular formula is C24H24N4O2. The predicted octanol–water partition coefficient (Wildman–Crippen LogP) is 2.89. The Morgan fingerprint density at radius 1 is 1.00 bits per heavy atom. The third-order valence-corrected chi connectivity index (χ3v) is 6.07. The maximum atomic E-state index is 12.9. The minimum Gasteiger partial charge on any atom is -0.350 e. The summed E-state index contributed by atoms with van der Waals surface area (Å²) in [4.78, 5) is 32.1. The van der Waals surface area contributed by atoms with Crippen molar-refractivity contribution in [3.8, 4) is 0 Å². The number of benzene rings is 2. The molecule has 0 radical (unpaired) electrons. The second-order valence-corrected chi connectivity index (χ2v) is 8.09. The third kappa shape index (κ3) is 3.38. The minimum atomic E-state index is -0.400. The van der Waals surface area contributed by atoms with Crippen molar-refractivity contribution in [3.63, 3.8) is 0 Å². The maximum Gasteiger partial charge on any atom is 0.290 e. The van der Waals surface area contributed by atoms with E-state index < -0.39 is 5.41 Å². The smallest absolute Gasteiger partial charge is 0.290 e. The van der Waals surface area contributed by atoms with Crippen molar-refractivity contribution in [2.75, 3.05) is 6.54 Å². The van der Waals surface area contributed by atoms with E-state index >= 15 is 0 Å². The van der Waals surface area contributed by atoms with Gasteiger partial charge in [0.15, 0.2) is 5.82 Å². The van der Waals surface area contributed by atoms with E-state index in [1.165, 1.54) is 0 Å². The molecule has 1 saturated carbocycles. The summed E-state index contributed by atoms with van der Waals surface area (Å²) in [6.45, 7) is 2.28. The van der Waals surface area contributed by atoms with Crippen molar-refractivity contribution in [2.45, 2.75) is 37.9 Å². The van der Waals surface area contributed by atoms with Gasteiger partial charge in [-0.3, -0.25) is 9.59 Å². The Morgan fingerprint density at radius 2 is 1.70 bits per heavy atom. The molecular weight excluding hydrogens is 376 g/mol. The highest BCUT2D eigenvalue weighted by Gasteiger charge is 2.51. The van der Waals surface area contributed by atoms with Crippen molar-refractivity contribution in [1.82, 2.24) is 19.8 Å². The molecule has 1 aromatic heterocycles. The fraction of sp³-hybridized carbons (Fsp3) is 0.292. The molecule has 1 aliphatic carbocycles. The summed E-state index contributed by atoms with van der Waals surface area (Å²) in [5.74, 6) is 0.424. The number of amides is 2. The zero-order valence-electron chi connectivity index (χ0n) is 16.8. The van der Waals surface area contributed by atoms with Crippen LogP contribution in [0.2, 0.25) is 0 Å². The lowest BCUT2D eigenvalue weighted by atomic mass is 9.95. The molecule has 152 valence electrons. The fourth-order valence-electron chi connectivity index (χ4n) is 4.19. The summed E-state index contributed by atoms with van der Waals surface area (Å²) in [7, 11) is 0. The van der Waals surface area contributed by atoms with Crippen LogP contribution in [0.5, 0.6) is 0 Å². The molecule has 6 heteroatoms. The molecule has 0 bridgehead atoms. The van der Waals surface area contributed by atoms with Crippen LogP contribution >= 0.6 is 0 Å². The zero-order valence-corrected chi connectivity index (χ0v) is 16.8. The van der Waals surface area contributed by atoms with Gasteiger partial charge in [-0.25, -0.2) is 4.98 Å². The van der Waals surface area contributed by atoms with Crippen molar-refractivity contribution < 1.29 is 9.59 Å². The summed E-state index contributed by atoms with van der Waals surface area (Å²) in [6.07, 6.45) is 3.63. The van der Waals surface area contributed by atoms with Gasteiger partial charge in [0, 0.05) is 25.8 Å². The maximum absolute atomic E-state index is 12.9. The quantitative estimate of drug-likeness (QED) is 0.692. The average Bonchev–Trinajstić information content (AvgIpc) is 3.49. The summed E-state index contributed by atoms with van der Waals surface area (Å²) in [5, 5.41) is 3.04. The lowest BCUT2D eigenvalue weighted by Gasteiger charge is -2.27. The van der Waals surface area contributed by atoms with E-state index in [9.17, 15) is 9.59 Å². The minimum absolute atomic E-state index is 0.0386. The molecule has 5 rings (SSSR count). The Morgan fingerprint density at radius 3 is 2.40 bits per heavy atom. The second kappa shape index (κ2) is 7.44. The van der Waals surface area contributed by atoms with Crippen LogP contribution in [0.4, 0.5) is 0 Å². The van der Waals surface area contributed by atoms with Crippen LogP contribution in [0.1, 0.15) is 40.3 Å². The largest absolute Gasteiger partial charge is 0.350 e. The number of nitrogens with one attached hydrogen (secondary N) is 1. The first-order valence-electron chi connectivity index (χ1n) is 10.4. The van der Waals surface area contributed by atoms with Gasteiger partial charge in [0.1, 0.15) is 0 Å². The number of hydrogen-bond donors (Lipinski definition) is 1. The Bertz CT molecular complexity index is 1070. The number of carbonyl (C=O) groups excluding carboxylic acids is 2. The van der Waals surface area contributed by atoms with Crippen LogP contribution in [0.3, 0.4) is 0 Å². The average molecular weight is 400 g/mol. The van der Waals surface area contributed by atoms with Crippen LogP contribution in [0.15, 0.2) is 66.9 Å². The summed E-state index contributed by atoms with van der Waals surface area (Å²) >= 11 is 0. The molecule has 30 heavy (non-hydrogen) atoms. The number of imidazole rings is 1. The standard InChI is InChI=1S/C24H24N4O2/c29-22-21-26-20(15-25-23(30)24(11-12-24)19-9-5-2-6-10-19)17-27(21)13-14-28(22)16-18-7-3-1-4-8-18/h1-10,17H,11-16H2,(H,25,30). The summed E-state index contributed by atoms with van der Waals surface area (Å²) in [5.41, 5.74) is 2.49. The predicted molar refractivity (Wildman–Crippen MR) is 113 cm³/mol. The molecule has 1 N–H and O–H groups in total. The van der Waals surface area contributed by atoms with Crippen LogP contribution in [0.25, 0.3) is 0 Å². The van der Waals surface area contributed by atoms with Crippen molar-refractivity contribution in [2.24, 2.45) is 0 Å². The van der Waals surface area contributed by atoms with Crippen LogP contribution in [0, 0.1) is 0 Å². The second-order valence-electron chi connectivity index (χ2n) is 8.09. The molecule has 2 aliphatic rings. The molecule has 2 heterocycles. The summed E-state index contributed by atoms with van der Waals surface area (Å²) in [6, 6.07) is 19.9. The van der Waals surface area contributed by atoms with Gasteiger partial charge < -0.3 is 14.8 Å². The highest BCUT2D eigenvalue weighted by Crippen LogP contribution is 2.48. The van der Waals surface area contributed by atoms with E-state index in [4.69, 9.17) is 0 Å². The Balaban J connectivity index is 1.25. The Kier molecular flexibility index (Phi) is 4.62. The van der Waals surface area contributed by atoms with E-state index in [1.54, 1.807) is 0 Å². The molecule has 0 atom stereocenters. The molecule has 0 saturated heterocycles.